The highest BCUT2D eigenvalue weighted by Crippen LogP contribution is 2.18. The predicted molar refractivity (Wildman–Crippen MR) is 58.0 cm³/mol. The highest BCUT2D eigenvalue weighted by Gasteiger charge is 2.31. The van der Waals surface area contributed by atoms with E-state index in [2.05, 4.69) is 10.3 Å². The minimum atomic E-state index is -0.251. The van der Waals surface area contributed by atoms with E-state index in [-0.39, 0.29) is 12.7 Å². The zero-order valence-electron chi connectivity index (χ0n) is 9.74. The van der Waals surface area contributed by atoms with Crippen LogP contribution in [-0.4, -0.2) is 50.8 Å². The lowest BCUT2D eigenvalue weighted by Gasteiger charge is -2.37. The summed E-state index contributed by atoms with van der Waals surface area (Å²) in [4.78, 5) is 13.0. The van der Waals surface area contributed by atoms with E-state index < -0.39 is 0 Å². The largest absolute Gasteiger partial charge is 0.450 e. The molecule has 94 valence electrons. The van der Waals surface area contributed by atoms with Crippen LogP contribution in [0.1, 0.15) is 12.6 Å². The van der Waals surface area contributed by atoms with Crippen LogP contribution in [0.25, 0.3) is 0 Å². The molecule has 0 aromatic carbocycles. The summed E-state index contributed by atoms with van der Waals surface area (Å²) in [5.41, 5.74) is 0.562. The number of hydrogen-bond acceptors (Lipinski definition) is 5. The Morgan fingerprint density at radius 3 is 3.00 bits per heavy atom. The number of aliphatic hydroxyl groups excluding tert-OH is 1. The zero-order valence-corrected chi connectivity index (χ0v) is 9.74. The Morgan fingerprint density at radius 1 is 1.65 bits per heavy atom. The van der Waals surface area contributed by atoms with Crippen molar-refractivity contribution in [2.75, 3.05) is 19.7 Å². The molecule has 1 aromatic rings. The monoisotopic (exact) mass is 240 g/mol. The first-order valence-corrected chi connectivity index (χ1v) is 5.64. The lowest BCUT2D eigenvalue weighted by molar-refractivity contribution is 0.0503. The summed E-state index contributed by atoms with van der Waals surface area (Å²) in [5, 5.41) is 16.5. The maximum Gasteiger partial charge on any atom is 0.409 e. The summed E-state index contributed by atoms with van der Waals surface area (Å²) in [5.74, 6) is 0.382. The molecule has 1 amide bonds. The molecule has 0 aliphatic carbocycles. The summed E-state index contributed by atoms with van der Waals surface area (Å²) in [6.07, 6.45) is 1.46. The number of likely N-dealkylation sites (tertiary alicyclic amines) is 1. The fourth-order valence-corrected chi connectivity index (χ4v) is 1.81. The topological polar surface area (TPSA) is 80.5 Å². The van der Waals surface area contributed by atoms with Gasteiger partial charge < -0.3 is 14.7 Å². The van der Waals surface area contributed by atoms with Crippen molar-refractivity contribution in [1.82, 2.24) is 19.9 Å². The highest BCUT2D eigenvalue weighted by atomic mass is 16.6. The number of carbonyl (C=O) groups excluding carboxylic acids is 1. The number of amides is 1. The van der Waals surface area contributed by atoms with E-state index >= 15 is 0 Å². The van der Waals surface area contributed by atoms with Crippen LogP contribution in [0.2, 0.25) is 0 Å². The van der Waals surface area contributed by atoms with Crippen molar-refractivity contribution in [3.05, 3.63) is 11.9 Å². The molecule has 0 atom stereocenters. The summed E-state index contributed by atoms with van der Waals surface area (Å²) in [7, 11) is 0. The molecule has 1 aliphatic heterocycles. The van der Waals surface area contributed by atoms with Crippen molar-refractivity contribution >= 4 is 6.09 Å². The summed E-state index contributed by atoms with van der Waals surface area (Å²) < 4.78 is 6.58. The third-order valence-corrected chi connectivity index (χ3v) is 2.68. The molecule has 17 heavy (non-hydrogen) atoms. The fourth-order valence-electron chi connectivity index (χ4n) is 1.81. The maximum atomic E-state index is 11.3. The summed E-state index contributed by atoms with van der Waals surface area (Å²) in [6.45, 7) is 4.19. The quantitative estimate of drug-likeness (QED) is 0.792. The number of ether oxygens (including phenoxy) is 1. The third kappa shape index (κ3) is 2.73. The van der Waals surface area contributed by atoms with E-state index in [0.29, 0.717) is 37.9 Å². The molecular weight excluding hydrogens is 224 g/mol. The van der Waals surface area contributed by atoms with Gasteiger partial charge in [0.1, 0.15) is 5.69 Å². The second-order valence-corrected chi connectivity index (χ2v) is 4.06. The third-order valence-electron chi connectivity index (χ3n) is 2.68. The van der Waals surface area contributed by atoms with Crippen molar-refractivity contribution in [2.45, 2.75) is 20.1 Å². The molecule has 2 heterocycles. The Hall–Kier alpha value is -1.63. The second kappa shape index (κ2) is 5.13. The lowest BCUT2D eigenvalue weighted by atomic mass is 10.0. The Kier molecular flexibility index (Phi) is 3.58. The van der Waals surface area contributed by atoms with Crippen molar-refractivity contribution in [3.63, 3.8) is 0 Å². The summed E-state index contributed by atoms with van der Waals surface area (Å²) >= 11 is 0. The van der Waals surface area contributed by atoms with Crippen LogP contribution in [0.5, 0.6) is 0 Å². The molecule has 1 aromatic heterocycles. The van der Waals surface area contributed by atoms with Crippen LogP contribution >= 0.6 is 0 Å². The summed E-state index contributed by atoms with van der Waals surface area (Å²) in [6, 6.07) is 0. The lowest BCUT2D eigenvalue weighted by Crippen LogP contribution is -2.51. The predicted octanol–water partition coefficient (Wildman–Crippen LogP) is -0.141. The second-order valence-electron chi connectivity index (χ2n) is 4.06. The van der Waals surface area contributed by atoms with E-state index in [1.54, 1.807) is 22.7 Å². The van der Waals surface area contributed by atoms with Gasteiger partial charge in [-0.15, -0.1) is 5.10 Å². The smallest absolute Gasteiger partial charge is 0.409 e. The maximum absolute atomic E-state index is 11.3. The van der Waals surface area contributed by atoms with Gasteiger partial charge in [-0.05, 0) is 6.92 Å². The van der Waals surface area contributed by atoms with Gasteiger partial charge in [0.05, 0.1) is 19.4 Å². The molecule has 1 N–H and O–H groups in total. The van der Waals surface area contributed by atoms with Gasteiger partial charge in [-0.1, -0.05) is 5.21 Å². The van der Waals surface area contributed by atoms with E-state index in [1.807, 2.05) is 0 Å². The molecule has 2 rings (SSSR count). The van der Waals surface area contributed by atoms with Gasteiger partial charge in [0.2, 0.25) is 0 Å². The number of aromatic nitrogens is 3. The van der Waals surface area contributed by atoms with Gasteiger partial charge in [-0.3, -0.25) is 4.68 Å². The van der Waals surface area contributed by atoms with Gasteiger partial charge in [0.15, 0.2) is 0 Å². The molecule has 0 bridgehead atoms. The first kappa shape index (κ1) is 11.8. The molecule has 0 spiro atoms. The molecule has 7 heteroatoms. The van der Waals surface area contributed by atoms with Crippen molar-refractivity contribution in [3.8, 4) is 0 Å². The van der Waals surface area contributed by atoms with E-state index in [0.717, 1.165) is 0 Å². The Labute approximate surface area is 99.0 Å². The van der Waals surface area contributed by atoms with Crippen molar-refractivity contribution < 1.29 is 14.6 Å². The van der Waals surface area contributed by atoms with Gasteiger partial charge in [0, 0.05) is 25.6 Å². The van der Waals surface area contributed by atoms with E-state index in [1.165, 1.54) is 0 Å². The van der Waals surface area contributed by atoms with Crippen LogP contribution in [0.3, 0.4) is 0 Å². The molecule has 7 nitrogen and oxygen atoms in total. The molecule has 0 saturated carbocycles. The van der Waals surface area contributed by atoms with Gasteiger partial charge >= 0.3 is 6.09 Å². The first-order valence-electron chi connectivity index (χ1n) is 5.64. The minimum absolute atomic E-state index is 0.0976. The molecule has 0 radical (unpaired) electrons. The molecular formula is C10H16N4O3. The molecule has 1 fully saturated rings. The SMILES string of the molecule is CCOC(=O)N1CC(Cn2cc(CO)nn2)C1. The van der Waals surface area contributed by atoms with Crippen LogP contribution in [0, 0.1) is 5.92 Å². The minimum Gasteiger partial charge on any atom is -0.450 e. The Bertz CT molecular complexity index is 387. The van der Waals surface area contributed by atoms with E-state index in [9.17, 15) is 4.79 Å². The molecule has 1 saturated heterocycles. The number of aliphatic hydroxyl groups is 1. The number of nitrogens with zero attached hydrogens (tertiary/aromatic N) is 4. The normalized spacial score (nSPS) is 15.8. The highest BCUT2D eigenvalue weighted by molar-refractivity contribution is 5.68. The average molecular weight is 240 g/mol. The van der Waals surface area contributed by atoms with Crippen LogP contribution in [-0.2, 0) is 17.9 Å². The Morgan fingerprint density at radius 2 is 2.41 bits per heavy atom. The number of carbonyl (C=O) groups is 1. The number of rotatable bonds is 4. The zero-order chi connectivity index (χ0) is 12.3. The standard InChI is InChI=1S/C10H16N4O3/c1-2-17-10(16)13-3-8(4-13)5-14-6-9(7-15)11-12-14/h6,8,15H,2-5,7H2,1H3. The fraction of sp³-hybridized carbons (Fsp3) is 0.700. The van der Waals surface area contributed by atoms with E-state index in [4.69, 9.17) is 9.84 Å². The average Bonchev–Trinajstić information content (AvgIpc) is 2.70. The van der Waals surface area contributed by atoms with Crippen molar-refractivity contribution in [2.24, 2.45) is 5.92 Å². The van der Waals surface area contributed by atoms with Crippen LogP contribution in [0.4, 0.5) is 4.79 Å². The van der Waals surface area contributed by atoms with Crippen LogP contribution in [0.15, 0.2) is 6.20 Å². The molecule has 0 unspecified atom stereocenters. The van der Waals surface area contributed by atoms with Crippen LogP contribution < -0.4 is 0 Å². The first-order chi connectivity index (χ1) is 8.22. The molecule has 1 aliphatic rings. The van der Waals surface area contributed by atoms with Gasteiger partial charge in [0.25, 0.3) is 0 Å². The van der Waals surface area contributed by atoms with Gasteiger partial charge in [-0.25, -0.2) is 4.79 Å². The number of hydrogen-bond donors (Lipinski definition) is 1. The van der Waals surface area contributed by atoms with Gasteiger partial charge in [-0.2, -0.15) is 0 Å². The van der Waals surface area contributed by atoms with Crippen molar-refractivity contribution in [1.29, 1.82) is 0 Å². The Balaban J connectivity index is 1.75.